The highest BCUT2D eigenvalue weighted by molar-refractivity contribution is 8.26. The Hall–Kier alpha value is -3.17. The highest BCUT2D eigenvalue weighted by atomic mass is 32.2. The number of hydrazine groups is 1. The molecule has 2 N–H and O–H groups in total. The van der Waals surface area contributed by atoms with Gasteiger partial charge in [-0.1, -0.05) is 41.6 Å². The monoisotopic (exact) mass is 442 g/mol. The molecular weight excluding hydrogens is 424 g/mol. The fourth-order valence-corrected chi connectivity index (χ4v) is 3.66. The lowest BCUT2D eigenvalue weighted by Crippen LogP contribution is -2.44. The molecule has 154 valence electrons. The highest BCUT2D eigenvalue weighted by Gasteiger charge is 2.33. The number of thioether (sulfide) groups is 1. The summed E-state index contributed by atoms with van der Waals surface area (Å²) in [6.07, 6.45) is 0.672. The summed E-state index contributed by atoms with van der Waals surface area (Å²) >= 11 is 6.31. The minimum atomic E-state index is -1.06. The molecule has 2 aromatic carbocycles. The van der Waals surface area contributed by atoms with Crippen LogP contribution in [0.4, 0.5) is 0 Å². The number of carbonyl (C=O) groups is 3. The molecule has 1 aliphatic rings. The van der Waals surface area contributed by atoms with Gasteiger partial charge in [-0.3, -0.25) is 15.0 Å². The summed E-state index contributed by atoms with van der Waals surface area (Å²) in [6, 6.07) is 13.6. The second-order valence-electron chi connectivity index (χ2n) is 6.49. The summed E-state index contributed by atoms with van der Waals surface area (Å²) in [5, 5.41) is 9.95. The van der Waals surface area contributed by atoms with Crippen molar-refractivity contribution < 1.29 is 24.2 Å². The van der Waals surface area contributed by atoms with Crippen molar-refractivity contribution in [3.63, 3.8) is 0 Å². The van der Waals surface area contributed by atoms with Crippen molar-refractivity contribution >= 4 is 52.2 Å². The number of carboxylic acid groups (broad SMARTS) is 1. The predicted molar refractivity (Wildman–Crippen MR) is 118 cm³/mol. The third-order valence-electron chi connectivity index (χ3n) is 4.16. The smallest absolute Gasteiger partial charge is 0.344 e. The number of thiocarbonyl (C=S) groups is 1. The number of hydrogen-bond acceptors (Lipinski definition) is 6. The molecule has 30 heavy (non-hydrogen) atoms. The molecule has 0 saturated carbocycles. The average Bonchev–Trinajstić information content (AvgIpc) is 2.97. The van der Waals surface area contributed by atoms with Crippen molar-refractivity contribution in [1.82, 2.24) is 10.4 Å². The van der Waals surface area contributed by atoms with E-state index >= 15 is 0 Å². The van der Waals surface area contributed by atoms with Gasteiger partial charge in [0.25, 0.3) is 11.8 Å². The van der Waals surface area contributed by atoms with E-state index in [9.17, 15) is 14.4 Å². The summed E-state index contributed by atoms with van der Waals surface area (Å²) in [5.41, 5.74) is 4.69. The summed E-state index contributed by atoms with van der Waals surface area (Å²) in [7, 11) is 0. The van der Waals surface area contributed by atoms with E-state index in [0.717, 1.165) is 22.3 Å². The molecule has 1 fully saturated rings. The summed E-state index contributed by atoms with van der Waals surface area (Å²) < 4.78 is 5.50. The largest absolute Gasteiger partial charge is 0.479 e. The molecule has 1 saturated heterocycles. The van der Waals surface area contributed by atoms with Crippen LogP contribution in [0.25, 0.3) is 6.08 Å². The van der Waals surface area contributed by atoms with Gasteiger partial charge in [-0.2, -0.15) is 5.01 Å². The van der Waals surface area contributed by atoms with Gasteiger partial charge in [-0.05, 0) is 62.0 Å². The number of benzene rings is 2. The van der Waals surface area contributed by atoms with E-state index in [1.54, 1.807) is 42.5 Å². The summed E-state index contributed by atoms with van der Waals surface area (Å²) in [4.78, 5) is 36.3. The Bertz CT molecular complexity index is 1030. The number of ether oxygens (including phenoxy) is 1. The number of amides is 2. The van der Waals surface area contributed by atoms with E-state index in [0.29, 0.717) is 21.8 Å². The number of nitrogens with one attached hydrogen (secondary N) is 1. The van der Waals surface area contributed by atoms with E-state index in [4.69, 9.17) is 22.1 Å². The zero-order valence-corrected chi connectivity index (χ0v) is 17.8. The number of aliphatic carboxylic acids is 1. The molecule has 1 unspecified atom stereocenters. The van der Waals surface area contributed by atoms with E-state index in [2.05, 4.69) is 5.43 Å². The SMILES string of the molecule is Cc1ccc(C(=O)NN2C(=O)/C(=C\c3ccc(OC(C)C(=O)O)cc3)SC2=S)cc1. The molecular formula is C21H18N2O5S2. The van der Waals surface area contributed by atoms with Crippen LogP contribution in [0.3, 0.4) is 0 Å². The van der Waals surface area contributed by atoms with Gasteiger partial charge < -0.3 is 9.84 Å². The lowest BCUT2D eigenvalue weighted by molar-refractivity contribution is -0.144. The molecule has 1 heterocycles. The molecule has 1 atom stereocenters. The van der Waals surface area contributed by atoms with E-state index in [-0.39, 0.29) is 4.32 Å². The van der Waals surface area contributed by atoms with Gasteiger partial charge in [-0.15, -0.1) is 0 Å². The number of aryl methyl sites for hydroxylation is 1. The van der Waals surface area contributed by atoms with Gasteiger partial charge >= 0.3 is 5.97 Å². The van der Waals surface area contributed by atoms with Crippen LogP contribution in [0.2, 0.25) is 0 Å². The molecule has 1 aliphatic heterocycles. The van der Waals surface area contributed by atoms with E-state index in [1.807, 2.05) is 19.1 Å². The second-order valence-corrected chi connectivity index (χ2v) is 8.17. The minimum absolute atomic E-state index is 0.224. The fraction of sp³-hybridized carbons (Fsp3) is 0.143. The molecule has 2 amide bonds. The van der Waals surface area contributed by atoms with Gasteiger partial charge in [0.15, 0.2) is 10.4 Å². The molecule has 0 spiro atoms. The topological polar surface area (TPSA) is 95.9 Å². The standard InChI is InChI=1S/C21H18N2O5S2/c1-12-3-7-15(8-4-12)18(24)22-23-19(25)17(30-21(23)29)11-14-5-9-16(10-6-14)28-13(2)20(26)27/h3-11,13H,1-2H3,(H,22,24)(H,26,27)/b17-11+. The first-order chi connectivity index (χ1) is 14.2. The highest BCUT2D eigenvalue weighted by Crippen LogP contribution is 2.31. The van der Waals surface area contributed by atoms with Crippen molar-refractivity contribution in [3.8, 4) is 5.75 Å². The summed E-state index contributed by atoms with van der Waals surface area (Å²) in [6.45, 7) is 3.35. The number of rotatable bonds is 6. The number of hydrogen-bond donors (Lipinski definition) is 2. The van der Waals surface area contributed by atoms with Crippen LogP contribution in [-0.4, -0.2) is 38.3 Å². The zero-order valence-electron chi connectivity index (χ0n) is 16.1. The zero-order chi connectivity index (χ0) is 21.8. The van der Waals surface area contributed by atoms with Gasteiger partial charge in [0.2, 0.25) is 0 Å². The Balaban J connectivity index is 1.69. The molecule has 0 aromatic heterocycles. The maximum atomic E-state index is 12.7. The molecule has 2 aromatic rings. The van der Waals surface area contributed by atoms with Crippen molar-refractivity contribution in [2.45, 2.75) is 20.0 Å². The number of carboxylic acids is 1. The van der Waals surface area contributed by atoms with Crippen LogP contribution in [-0.2, 0) is 9.59 Å². The molecule has 0 bridgehead atoms. The van der Waals surface area contributed by atoms with Crippen molar-refractivity contribution in [1.29, 1.82) is 0 Å². The van der Waals surface area contributed by atoms with Gasteiger partial charge in [0.05, 0.1) is 4.91 Å². The molecule has 0 radical (unpaired) electrons. The second kappa shape index (κ2) is 9.10. The third kappa shape index (κ3) is 5.05. The van der Waals surface area contributed by atoms with Crippen molar-refractivity contribution in [2.75, 3.05) is 0 Å². The first-order valence-electron chi connectivity index (χ1n) is 8.90. The van der Waals surface area contributed by atoms with E-state index in [1.165, 1.54) is 6.92 Å². The molecule has 9 heteroatoms. The lowest BCUT2D eigenvalue weighted by Gasteiger charge is -2.15. The molecule has 3 rings (SSSR count). The molecule has 0 aliphatic carbocycles. The van der Waals surface area contributed by atoms with Gasteiger partial charge in [-0.25, -0.2) is 4.79 Å². The lowest BCUT2D eigenvalue weighted by atomic mass is 10.1. The Morgan fingerprint density at radius 2 is 1.80 bits per heavy atom. The predicted octanol–water partition coefficient (Wildman–Crippen LogP) is 3.39. The normalized spacial score (nSPS) is 15.9. The Labute approximate surface area is 182 Å². The maximum Gasteiger partial charge on any atom is 0.344 e. The first-order valence-corrected chi connectivity index (χ1v) is 10.1. The maximum absolute atomic E-state index is 12.7. The van der Waals surface area contributed by atoms with Crippen LogP contribution in [0, 0.1) is 6.92 Å². The van der Waals surface area contributed by atoms with Gasteiger partial charge in [0, 0.05) is 5.56 Å². The summed E-state index contributed by atoms with van der Waals surface area (Å²) in [5.74, 6) is -1.51. The van der Waals surface area contributed by atoms with Crippen LogP contribution in [0.1, 0.15) is 28.4 Å². The minimum Gasteiger partial charge on any atom is -0.479 e. The third-order valence-corrected chi connectivity index (χ3v) is 5.46. The Morgan fingerprint density at radius 1 is 1.17 bits per heavy atom. The average molecular weight is 443 g/mol. The Morgan fingerprint density at radius 3 is 2.40 bits per heavy atom. The van der Waals surface area contributed by atoms with Crippen molar-refractivity contribution in [2.24, 2.45) is 0 Å². The van der Waals surface area contributed by atoms with Gasteiger partial charge in [0.1, 0.15) is 5.75 Å². The first kappa shape index (κ1) is 21.5. The fourth-order valence-electron chi connectivity index (χ4n) is 2.48. The van der Waals surface area contributed by atoms with Crippen molar-refractivity contribution in [3.05, 3.63) is 70.1 Å². The Kier molecular flexibility index (Phi) is 6.53. The van der Waals surface area contributed by atoms with Crippen LogP contribution >= 0.6 is 24.0 Å². The quantitative estimate of drug-likeness (QED) is 0.523. The molecule has 7 nitrogen and oxygen atoms in total. The van der Waals surface area contributed by atoms with Crippen LogP contribution < -0.4 is 10.2 Å². The number of nitrogens with zero attached hydrogens (tertiary/aromatic N) is 1. The number of carbonyl (C=O) groups excluding carboxylic acids is 2. The van der Waals surface area contributed by atoms with Crippen LogP contribution in [0.15, 0.2) is 53.4 Å². The van der Waals surface area contributed by atoms with E-state index < -0.39 is 23.9 Å². The van der Waals surface area contributed by atoms with Crippen LogP contribution in [0.5, 0.6) is 5.75 Å².